The van der Waals surface area contributed by atoms with Crippen LogP contribution in [0.5, 0.6) is 5.75 Å². The highest BCUT2D eigenvalue weighted by atomic mass is 16.5. The maximum atomic E-state index is 5.34. The van der Waals surface area contributed by atoms with Gasteiger partial charge in [-0.25, -0.2) is 0 Å². The highest BCUT2D eigenvalue weighted by Gasteiger charge is 2.09. The fourth-order valence-electron chi connectivity index (χ4n) is 2.43. The molecule has 0 aliphatic heterocycles. The van der Waals surface area contributed by atoms with Crippen LogP contribution in [0, 0.1) is 6.92 Å². The summed E-state index contributed by atoms with van der Waals surface area (Å²) in [6.07, 6.45) is 1.82. The van der Waals surface area contributed by atoms with E-state index in [1.54, 1.807) is 7.11 Å². The number of rotatable bonds is 3. The predicted octanol–water partition coefficient (Wildman–Crippen LogP) is 4.73. The SMILES string of the molecule is COc1cccc(-c2cc(C)ccc2-c2ccccn2)c1. The molecule has 0 atom stereocenters. The molecule has 0 radical (unpaired) electrons. The van der Waals surface area contributed by atoms with Crippen LogP contribution >= 0.6 is 0 Å². The fraction of sp³-hybridized carbons (Fsp3) is 0.105. The van der Waals surface area contributed by atoms with Crippen LogP contribution in [0.1, 0.15) is 5.56 Å². The zero-order chi connectivity index (χ0) is 14.7. The van der Waals surface area contributed by atoms with Crippen LogP contribution in [0.25, 0.3) is 22.4 Å². The van der Waals surface area contributed by atoms with Gasteiger partial charge in [0.25, 0.3) is 0 Å². The first-order chi connectivity index (χ1) is 10.3. The van der Waals surface area contributed by atoms with E-state index in [-0.39, 0.29) is 0 Å². The standard InChI is InChI=1S/C19H17NO/c1-14-9-10-17(19-8-3-4-11-20-19)18(12-14)15-6-5-7-16(13-15)21-2/h3-13H,1-2H3. The smallest absolute Gasteiger partial charge is 0.119 e. The molecule has 3 aromatic rings. The van der Waals surface area contributed by atoms with E-state index in [1.165, 1.54) is 11.1 Å². The molecule has 0 amide bonds. The number of nitrogens with zero attached hydrogens (tertiary/aromatic N) is 1. The summed E-state index contributed by atoms with van der Waals surface area (Å²) in [5.41, 5.74) is 5.66. The lowest BCUT2D eigenvalue weighted by Gasteiger charge is -2.11. The Balaban J connectivity index is 2.19. The summed E-state index contributed by atoms with van der Waals surface area (Å²) >= 11 is 0. The first kappa shape index (κ1) is 13.4. The molecule has 0 unspecified atom stereocenters. The molecule has 1 aromatic heterocycles. The summed E-state index contributed by atoms with van der Waals surface area (Å²) in [6, 6.07) is 20.6. The van der Waals surface area contributed by atoms with Crippen molar-refractivity contribution in [2.75, 3.05) is 7.11 Å². The zero-order valence-corrected chi connectivity index (χ0v) is 12.2. The van der Waals surface area contributed by atoms with Crippen molar-refractivity contribution >= 4 is 0 Å². The third kappa shape index (κ3) is 2.79. The van der Waals surface area contributed by atoms with Crippen molar-refractivity contribution in [1.82, 2.24) is 4.98 Å². The molecule has 0 spiro atoms. The van der Waals surface area contributed by atoms with Gasteiger partial charge in [0.05, 0.1) is 12.8 Å². The summed E-state index contributed by atoms with van der Waals surface area (Å²) in [4.78, 5) is 4.48. The Hall–Kier alpha value is -2.61. The molecular formula is C19H17NO. The van der Waals surface area contributed by atoms with Gasteiger partial charge in [0.1, 0.15) is 5.75 Å². The third-order valence-corrected chi connectivity index (χ3v) is 3.50. The lowest BCUT2D eigenvalue weighted by atomic mass is 9.95. The van der Waals surface area contributed by atoms with E-state index in [2.05, 4.69) is 42.2 Å². The Morgan fingerprint density at radius 2 is 1.76 bits per heavy atom. The second-order valence-corrected chi connectivity index (χ2v) is 5.00. The van der Waals surface area contributed by atoms with Gasteiger partial charge < -0.3 is 4.74 Å². The van der Waals surface area contributed by atoms with Crippen molar-refractivity contribution in [3.05, 3.63) is 72.4 Å². The van der Waals surface area contributed by atoms with Crippen LogP contribution in [0.15, 0.2) is 66.9 Å². The van der Waals surface area contributed by atoms with Gasteiger partial charge >= 0.3 is 0 Å². The van der Waals surface area contributed by atoms with E-state index in [4.69, 9.17) is 4.74 Å². The minimum absolute atomic E-state index is 0.862. The van der Waals surface area contributed by atoms with Crippen LogP contribution in [-0.2, 0) is 0 Å². The molecule has 0 saturated carbocycles. The molecule has 0 aliphatic rings. The van der Waals surface area contributed by atoms with E-state index in [0.717, 1.165) is 22.6 Å². The van der Waals surface area contributed by atoms with Crippen molar-refractivity contribution in [2.45, 2.75) is 6.92 Å². The Labute approximate surface area is 125 Å². The van der Waals surface area contributed by atoms with Crippen molar-refractivity contribution in [1.29, 1.82) is 0 Å². The molecule has 1 heterocycles. The van der Waals surface area contributed by atoms with Gasteiger partial charge in [0, 0.05) is 11.8 Å². The van der Waals surface area contributed by atoms with E-state index in [1.807, 2.05) is 36.5 Å². The molecule has 3 rings (SSSR count). The summed E-state index contributed by atoms with van der Waals surface area (Å²) < 4.78 is 5.34. The average molecular weight is 275 g/mol. The molecule has 0 saturated heterocycles. The van der Waals surface area contributed by atoms with Crippen LogP contribution in [0.3, 0.4) is 0 Å². The van der Waals surface area contributed by atoms with E-state index in [0.29, 0.717) is 0 Å². The number of benzene rings is 2. The quantitative estimate of drug-likeness (QED) is 0.689. The Bertz CT molecular complexity index is 751. The molecule has 2 aromatic carbocycles. The number of aromatic nitrogens is 1. The lowest BCUT2D eigenvalue weighted by molar-refractivity contribution is 0.415. The van der Waals surface area contributed by atoms with Gasteiger partial charge in [-0.3, -0.25) is 4.98 Å². The molecule has 0 fully saturated rings. The number of methoxy groups -OCH3 is 1. The Kier molecular flexibility index (Phi) is 3.69. The largest absolute Gasteiger partial charge is 0.497 e. The summed E-state index contributed by atoms with van der Waals surface area (Å²) in [5.74, 6) is 0.862. The van der Waals surface area contributed by atoms with Crippen LogP contribution in [0.4, 0.5) is 0 Å². The van der Waals surface area contributed by atoms with Crippen LogP contribution in [-0.4, -0.2) is 12.1 Å². The van der Waals surface area contributed by atoms with Crippen LogP contribution in [0.2, 0.25) is 0 Å². The Morgan fingerprint density at radius 1 is 0.857 bits per heavy atom. The first-order valence-electron chi connectivity index (χ1n) is 6.94. The third-order valence-electron chi connectivity index (χ3n) is 3.50. The lowest BCUT2D eigenvalue weighted by Crippen LogP contribution is -1.90. The second kappa shape index (κ2) is 5.80. The predicted molar refractivity (Wildman–Crippen MR) is 86.4 cm³/mol. The van der Waals surface area contributed by atoms with Gasteiger partial charge in [-0.2, -0.15) is 0 Å². The summed E-state index contributed by atoms with van der Waals surface area (Å²) in [7, 11) is 1.69. The van der Waals surface area contributed by atoms with Crippen molar-refractivity contribution in [2.24, 2.45) is 0 Å². The zero-order valence-electron chi connectivity index (χ0n) is 12.2. The number of ether oxygens (including phenoxy) is 1. The Morgan fingerprint density at radius 3 is 2.52 bits per heavy atom. The second-order valence-electron chi connectivity index (χ2n) is 5.00. The molecular weight excluding hydrogens is 258 g/mol. The van der Waals surface area contributed by atoms with E-state index < -0.39 is 0 Å². The highest BCUT2D eigenvalue weighted by Crippen LogP contribution is 2.33. The molecule has 2 heteroatoms. The average Bonchev–Trinajstić information content (AvgIpc) is 2.55. The minimum atomic E-state index is 0.862. The van der Waals surface area contributed by atoms with Crippen LogP contribution < -0.4 is 4.74 Å². The maximum Gasteiger partial charge on any atom is 0.119 e. The van der Waals surface area contributed by atoms with Gasteiger partial charge in [-0.05, 0) is 42.3 Å². The molecule has 21 heavy (non-hydrogen) atoms. The van der Waals surface area contributed by atoms with Crippen molar-refractivity contribution in [3.63, 3.8) is 0 Å². The highest BCUT2D eigenvalue weighted by molar-refractivity contribution is 5.82. The van der Waals surface area contributed by atoms with Crippen molar-refractivity contribution < 1.29 is 4.74 Å². The first-order valence-corrected chi connectivity index (χ1v) is 6.94. The molecule has 0 N–H and O–H groups in total. The van der Waals surface area contributed by atoms with Gasteiger partial charge in [0.2, 0.25) is 0 Å². The minimum Gasteiger partial charge on any atom is -0.497 e. The number of hydrogen-bond donors (Lipinski definition) is 0. The molecule has 2 nitrogen and oxygen atoms in total. The molecule has 0 bridgehead atoms. The van der Waals surface area contributed by atoms with Gasteiger partial charge in [0.15, 0.2) is 0 Å². The van der Waals surface area contributed by atoms with Gasteiger partial charge in [-0.1, -0.05) is 42.0 Å². The fourth-order valence-corrected chi connectivity index (χ4v) is 2.43. The maximum absolute atomic E-state index is 5.34. The number of pyridine rings is 1. The molecule has 0 aliphatic carbocycles. The number of hydrogen-bond acceptors (Lipinski definition) is 2. The summed E-state index contributed by atoms with van der Waals surface area (Å²) in [5, 5.41) is 0. The topological polar surface area (TPSA) is 22.1 Å². The molecule has 104 valence electrons. The summed E-state index contributed by atoms with van der Waals surface area (Å²) in [6.45, 7) is 2.10. The normalized spacial score (nSPS) is 10.4. The van der Waals surface area contributed by atoms with Gasteiger partial charge in [-0.15, -0.1) is 0 Å². The van der Waals surface area contributed by atoms with E-state index in [9.17, 15) is 0 Å². The van der Waals surface area contributed by atoms with E-state index >= 15 is 0 Å². The monoisotopic (exact) mass is 275 g/mol. The van der Waals surface area contributed by atoms with Crippen molar-refractivity contribution in [3.8, 4) is 28.1 Å². The number of aryl methyl sites for hydroxylation is 1.